The molecule has 0 aliphatic heterocycles. The molecule has 0 saturated heterocycles. The summed E-state index contributed by atoms with van der Waals surface area (Å²) in [5.41, 5.74) is 0. The first-order chi connectivity index (χ1) is 10.6. The molecule has 23 heavy (non-hydrogen) atoms. The summed E-state index contributed by atoms with van der Waals surface area (Å²) in [5, 5.41) is 17.6. The molecule has 0 aromatic heterocycles. The number of amides is 1. The van der Waals surface area contributed by atoms with E-state index < -0.39 is 5.97 Å². The Balaban J connectivity index is 0. The van der Waals surface area contributed by atoms with Crippen molar-refractivity contribution in [2.24, 2.45) is 0 Å². The third kappa shape index (κ3) is 16.5. The van der Waals surface area contributed by atoms with Crippen LogP contribution >= 0.6 is 0 Å². The molecule has 0 atom stereocenters. The topological polar surface area (TPSA) is 77.8 Å². The second kappa shape index (κ2) is 18.2. The molecule has 0 spiro atoms. The standard InChI is InChI=1S/C17H33NO4.Na/c1-2-3-4-5-6-7-8-9-10-11-16(20)18(14-15-19)13-12-17(21)22;/h19H,2-15H2,1H3,(H,21,22);. The van der Waals surface area contributed by atoms with Gasteiger partial charge in [0, 0.05) is 49.1 Å². The first-order valence-electron chi connectivity index (χ1n) is 8.72. The maximum atomic E-state index is 12.0. The number of unbranched alkanes of at least 4 members (excludes halogenated alkanes) is 8. The Kier molecular flexibility index (Phi) is 19.9. The number of aliphatic carboxylic acids is 1. The van der Waals surface area contributed by atoms with Gasteiger partial charge in [0.25, 0.3) is 0 Å². The van der Waals surface area contributed by atoms with Gasteiger partial charge in [0.1, 0.15) is 0 Å². The van der Waals surface area contributed by atoms with Crippen molar-refractivity contribution in [3.63, 3.8) is 0 Å². The van der Waals surface area contributed by atoms with Crippen LogP contribution in [0.5, 0.6) is 0 Å². The minimum absolute atomic E-state index is 0. The Morgan fingerprint density at radius 2 is 1.35 bits per heavy atom. The van der Waals surface area contributed by atoms with Crippen molar-refractivity contribution in [3.8, 4) is 0 Å². The summed E-state index contributed by atoms with van der Waals surface area (Å²) in [7, 11) is 0. The predicted octanol–water partition coefficient (Wildman–Crippen LogP) is 2.82. The Labute approximate surface area is 163 Å². The molecule has 0 aromatic rings. The molecule has 1 amide bonds. The second-order valence-corrected chi connectivity index (χ2v) is 5.83. The van der Waals surface area contributed by atoms with Crippen molar-refractivity contribution in [2.45, 2.75) is 77.6 Å². The van der Waals surface area contributed by atoms with E-state index in [0.717, 1.165) is 19.3 Å². The smallest absolute Gasteiger partial charge is 0.305 e. The van der Waals surface area contributed by atoms with E-state index >= 15 is 0 Å². The molecule has 1 radical (unpaired) electrons. The summed E-state index contributed by atoms with van der Waals surface area (Å²) >= 11 is 0. The van der Waals surface area contributed by atoms with Gasteiger partial charge in [-0.2, -0.15) is 0 Å². The number of nitrogens with zero attached hydrogens (tertiary/aromatic N) is 1. The van der Waals surface area contributed by atoms with Gasteiger partial charge < -0.3 is 15.1 Å². The van der Waals surface area contributed by atoms with Crippen LogP contribution in [0.4, 0.5) is 0 Å². The molecule has 0 saturated carbocycles. The van der Waals surface area contributed by atoms with E-state index in [1.54, 1.807) is 0 Å². The summed E-state index contributed by atoms with van der Waals surface area (Å²) in [6, 6.07) is 0. The Hall–Kier alpha value is -0.100. The van der Waals surface area contributed by atoms with Crippen LogP contribution in [0.3, 0.4) is 0 Å². The Morgan fingerprint density at radius 1 is 0.826 bits per heavy atom. The summed E-state index contributed by atoms with van der Waals surface area (Å²) in [6.45, 7) is 2.51. The Bertz CT molecular complexity index is 300. The average Bonchev–Trinajstić information content (AvgIpc) is 2.49. The number of hydrogen-bond acceptors (Lipinski definition) is 3. The molecule has 0 bridgehead atoms. The second-order valence-electron chi connectivity index (χ2n) is 5.83. The maximum absolute atomic E-state index is 12.0. The molecule has 5 nitrogen and oxygen atoms in total. The van der Waals surface area contributed by atoms with E-state index in [4.69, 9.17) is 10.2 Å². The molecule has 0 fully saturated rings. The van der Waals surface area contributed by atoms with Gasteiger partial charge in [0.15, 0.2) is 0 Å². The van der Waals surface area contributed by atoms with Crippen LogP contribution in [0.2, 0.25) is 0 Å². The number of aliphatic hydroxyl groups excluding tert-OH is 1. The number of carboxylic acids is 1. The Morgan fingerprint density at radius 3 is 1.83 bits per heavy atom. The summed E-state index contributed by atoms with van der Waals surface area (Å²) in [4.78, 5) is 24.0. The summed E-state index contributed by atoms with van der Waals surface area (Å²) in [5.74, 6) is -0.961. The van der Waals surface area contributed by atoms with Crippen LogP contribution in [-0.4, -0.2) is 76.2 Å². The van der Waals surface area contributed by atoms with E-state index in [2.05, 4.69) is 6.92 Å². The first-order valence-corrected chi connectivity index (χ1v) is 8.72. The van der Waals surface area contributed by atoms with Crippen molar-refractivity contribution in [1.29, 1.82) is 0 Å². The number of carbonyl (C=O) groups excluding carboxylic acids is 1. The maximum Gasteiger partial charge on any atom is 0.305 e. The molecule has 0 aliphatic carbocycles. The summed E-state index contributed by atoms with van der Waals surface area (Å²) < 4.78 is 0. The van der Waals surface area contributed by atoms with Crippen molar-refractivity contribution in [1.82, 2.24) is 4.90 Å². The molecule has 0 unspecified atom stereocenters. The van der Waals surface area contributed by atoms with Gasteiger partial charge in [-0.25, -0.2) is 0 Å². The van der Waals surface area contributed by atoms with Gasteiger partial charge in [0.05, 0.1) is 13.0 Å². The molecule has 131 valence electrons. The third-order valence-electron chi connectivity index (χ3n) is 3.81. The van der Waals surface area contributed by atoms with E-state index in [-0.39, 0.29) is 61.6 Å². The zero-order chi connectivity index (χ0) is 16.6. The predicted molar refractivity (Wildman–Crippen MR) is 93.5 cm³/mol. The molecule has 2 N–H and O–H groups in total. The van der Waals surface area contributed by atoms with Crippen LogP contribution in [0.15, 0.2) is 0 Å². The van der Waals surface area contributed by atoms with Crippen LogP contribution in [0, 0.1) is 0 Å². The average molecular weight is 338 g/mol. The van der Waals surface area contributed by atoms with E-state index in [1.165, 1.54) is 43.4 Å². The minimum atomic E-state index is -0.918. The first kappa shape index (κ1) is 25.1. The van der Waals surface area contributed by atoms with Crippen LogP contribution in [0.25, 0.3) is 0 Å². The SMILES string of the molecule is CCCCCCCCCCCC(=O)N(CCO)CCC(=O)O.[Na]. The number of carbonyl (C=O) groups is 2. The zero-order valence-corrected chi connectivity index (χ0v) is 17.1. The third-order valence-corrected chi connectivity index (χ3v) is 3.81. The van der Waals surface area contributed by atoms with E-state index in [0.29, 0.717) is 6.42 Å². The van der Waals surface area contributed by atoms with Gasteiger partial charge >= 0.3 is 5.97 Å². The van der Waals surface area contributed by atoms with Gasteiger partial charge in [0.2, 0.25) is 5.91 Å². The largest absolute Gasteiger partial charge is 0.481 e. The number of hydrogen-bond donors (Lipinski definition) is 2. The molecular formula is C17H33NNaO4. The van der Waals surface area contributed by atoms with Gasteiger partial charge in [-0.05, 0) is 6.42 Å². The van der Waals surface area contributed by atoms with Gasteiger partial charge in [-0.15, -0.1) is 0 Å². The molecule has 0 rings (SSSR count). The van der Waals surface area contributed by atoms with Crippen LogP contribution in [-0.2, 0) is 9.59 Å². The number of rotatable bonds is 15. The van der Waals surface area contributed by atoms with Gasteiger partial charge in [-0.1, -0.05) is 58.3 Å². The fourth-order valence-corrected chi connectivity index (χ4v) is 2.46. The van der Waals surface area contributed by atoms with Gasteiger partial charge in [-0.3, -0.25) is 9.59 Å². The molecule has 6 heteroatoms. The quantitative estimate of drug-likeness (QED) is 0.355. The van der Waals surface area contributed by atoms with E-state index in [1.807, 2.05) is 0 Å². The number of carboxylic acid groups (broad SMARTS) is 1. The zero-order valence-electron chi connectivity index (χ0n) is 15.1. The molecule has 0 heterocycles. The van der Waals surface area contributed by atoms with Crippen molar-refractivity contribution >= 4 is 41.4 Å². The fraction of sp³-hybridized carbons (Fsp3) is 0.882. The fourth-order valence-electron chi connectivity index (χ4n) is 2.46. The molecule has 0 aromatic carbocycles. The van der Waals surface area contributed by atoms with E-state index in [9.17, 15) is 9.59 Å². The van der Waals surface area contributed by atoms with Crippen LogP contribution in [0.1, 0.15) is 77.6 Å². The van der Waals surface area contributed by atoms with Crippen molar-refractivity contribution in [3.05, 3.63) is 0 Å². The minimum Gasteiger partial charge on any atom is -0.481 e. The monoisotopic (exact) mass is 338 g/mol. The van der Waals surface area contributed by atoms with Crippen molar-refractivity contribution in [2.75, 3.05) is 19.7 Å². The summed E-state index contributed by atoms with van der Waals surface area (Å²) in [6.07, 6.45) is 11.2. The molecular weight excluding hydrogens is 305 g/mol. The number of aliphatic hydroxyl groups is 1. The van der Waals surface area contributed by atoms with Crippen molar-refractivity contribution < 1.29 is 19.8 Å². The molecule has 0 aliphatic rings. The van der Waals surface area contributed by atoms with Crippen LogP contribution < -0.4 is 0 Å². The normalized spacial score (nSPS) is 10.2.